The first kappa shape index (κ1) is 27.9. The minimum atomic E-state index is 0.709. The quantitative estimate of drug-likeness (QED) is 0.181. The molecular weight excluding hydrogens is 581 g/mol. The molecule has 0 bridgehead atoms. The number of hydrogen-bond acceptors (Lipinski definition) is 2. The normalized spacial score (nSPS) is 11.3. The van der Waals surface area contributed by atoms with Crippen molar-refractivity contribution in [1.82, 2.24) is 9.97 Å². The largest absolute Gasteiger partial charge is 0.237 e. The van der Waals surface area contributed by atoms with E-state index in [9.17, 15) is 0 Å². The SMILES string of the molecule is c1ccc(-c2cccc(-c3ccnc(-c4ccccc4-c4cccc(-c5cccc6c7ccccc7c7ccccc7c56)c4)n3)c2)cc1. The van der Waals surface area contributed by atoms with Crippen LogP contribution in [0.15, 0.2) is 182 Å². The van der Waals surface area contributed by atoms with Crippen molar-refractivity contribution < 1.29 is 0 Å². The summed E-state index contributed by atoms with van der Waals surface area (Å²) in [5, 5.41) is 7.67. The van der Waals surface area contributed by atoms with Crippen molar-refractivity contribution in [2.75, 3.05) is 0 Å². The van der Waals surface area contributed by atoms with Gasteiger partial charge in [-0.25, -0.2) is 9.97 Å². The van der Waals surface area contributed by atoms with E-state index in [-0.39, 0.29) is 0 Å². The highest BCUT2D eigenvalue weighted by Crippen LogP contribution is 2.41. The molecule has 0 N–H and O–H groups in total. The van der Waals surface area contributed by atoms with Gasteiger partial charge in [-0.2, -0.15) is 0 Å². The maximum Gasteiger partial charge on any atom is 0.160 e. The number of aromatic nitrogens is 2. The molecule has 0 aliphatic heterocycles. The fourth-order valence-electron chi connectivity index (χ4n) is 7.12. The topological polar surface area (TPSA) is 25.8 Å². The first-order valence-electron chi connectivity index (χ1n) is 16.3. The molecular formula is C46H30N2. The molecule has 1 aromatic heterocycles. The Kier molecular flexibility index (Phi) is 6.84. The van der Waals surface area contributed by atoms with E-state index in [1.165, 1.54) is 54.6 Å². The lowest BCUT2D eigenvalue weighted by Crippen LogP contribution is -1.94. The van der Waals surface area contributed by atoms with Crippen molar-refractivity contribution >= 4 is 32.3 Å². The third-order valence-corrected chi connectivity index (χ3v) is 9.34. The van der Waals surface area contributed by atoms with Crippen LogP contribution in [0.5, 0.6) is 0 Å². The lowest BCUT2D eigenvalue weighted by Gasteiger charge is -2.15. The summed E-state index contributed by atoms with van der Waals surface area (Å²) in [6.45, 7) is 0. The molecule has 9 rings (SSSR count). The van der Waals surface area contributed by atoms with Gasteiger partial charge in [0, 0.05) is 17.3 Å². The third kappa shape index (κ3) is 4.83. The maximum absolute atomic E-state index is 5.11. The number of hydrogen-bond donors (Lipinski definition) is 0. The second-order valence-corrected chi connectivity index (χ2v) is 12.2. The van der Waals surface area contributed by atoms with Gasteiger partial charge in [0.25, 0.3) is 0 Å². The molecule has 0 atom stereocenters. The summed E-state index contributed by atoms with van der Waals surface area (Å²) in [7, 11) is 0. The molecule has 48 heavy (non-hydrogen) atoms. The Morgan fingerprint density at radius 2 is 0.792 bits per heavy atom. The van der Waals surface area contributed by atoms with E-state index in [0.717, 1.165) is 27.9 Å². The Bertz CT molecular complexity index is 2580. The molecule has 0 aliphatic rings. The van der Waals surface area contributed by atoms with Crippen molar-refractivity contribution in [3.8, 4) is 56.0 Å². The molecule has 9 aromatic rings. The van der Waals surface area contributed by atoms with Crippen LogP contribution in [0, 0.1) is 0 Å². The van der Waals surface area contributed by atoms with Gasteiger partial charge in [-0.15, -0.1) is 0 Å². The van der Waals surface area contributed by atoms with Crippen LogP contribution in [0.4, 0.5) is 0 Å². The van der Waals surface area contributed by atoms with Crippen molar-refractivity contribution in [3.63, 3.8) is 0 Å². The van der Waals surface area contributed by atoms with Gasteiger partial charge in [0.2, 0.25) is 0 Å². The fourth-order valence-corrected chi connectivity index (χ4v) is 7.12. The monoisotopic (exact) mass is 610 g/mol. The highest BCUT2D eigenvalue weighted by atomic mass is 14.9. The zero-order valence-electron chi connectivity index (χ0n) is 26.2. The second kappa shape index (κ2) is 11.8. The van der Waals surface area contributed by atoms with Crippen LogP contribution in [-0.2, 0) is 0 Å². The van der Waals surface area contributed by atoms with Gasteiger partial charge in [-0.05, 0) is 83.9 Å². The third-order valence-electron chi connectivity index (χ3n) is 9.34. The molecule has 2 nitrogen and oxygen atoms in total. The second-order valence-electron chi connectivity index (χ2n) is 12.2. The Balaban J connectivity index is 1.16. The molecule has 0 amide bonds. The summed E-state index contributed by atoms with van der Waals surface area (Å²) in [5.74, 6) is 0.709. The predicted octanol–water partition coefficient (Wildman–Crippen LogP) is 12.3. The lowest BCUT2D eigenvalue weighted by molar-refractivity contribution is 1.18. The van der Waals surface area contributed by atoms with Crippen molar-refractivity contribution in [1.29, 1.82) is 0 Å². The molecule has 0 fully saturated rings. The molecule has 0 aliphatic carbocycles. The summed E-state index contributed by atoms with van der Waals surface area (Å²) in [4.78, 5) is 9.88. The highest BCUT2D eigenvalue weighted by molar-refractivity contribution is 6.28. The van der Waals surface area contributed by atoms with E-state index >= 15 is 0 Å². The van der Waals surface area contributed by atoms with Crippen LogP contribution in [0.25, 0.3) is 88.3 Å². The Hall–Kier alpha value is -6.38. The zero-order valence-corrected chi connectivity index (χ0v) is 26.2. The highest BCUT2D eigenvalue weighted by Gasteiger charge is 2.15. The van der Waals surface area contributed by atoms with E-state index in [1.807, 2.05) is 18.3 Å². The molecule has 2 heteroatoms. The minimum absolute atomic E-state index is 0.709. The van der Waals surface area contributed by atoms with E-state index < -0.39 is 0 Å². The Morgan fingerprint density at radius 3 is 1.54 bits per heavy atom. The van der Waals surface area contributed by atoms with Crippen molar-refractivity contribution in [2.24, 2.45) is 0 Å². The average Bonchev–Trinajstić information content (AvgIpc) is 3.18. The Morgan fingerprint density at radius 1 is 0.312 bits per heavy atom. The first-order chi connectivity index (χ1) is 23.8. The van der Waals surface area contributed by atoms with Gasteiger partial charge in [0.15, 0.2) is 5.82 Å². The predicted molar refractivity (Wildman–Crippen MR) is 202 cm³/mol. The molecule has 0 unspecified atom stereocenters. The van der Waals surface area contributed by atoms with Crippen LogP contribution in [0.1, 0.15) is 0 Å². The molecule has 0 spiro atoms. The van der Waals surface area contributed by atoms with Gasteiger partial charge in [0.05, 0.1) is 5.69 Å². The maximum atomic E-state index is 5.11. The van der Waals surface area contributed by atoms with Crippen molar-refractivity contribution in [2.45, 2.75) is 0 Å². The summed E-state index contributed by atoms with van der Waals surface area (Å²) in [6, 6.07) is 62.6. The van der Waals surface area contributed by atoms with Crippen molar-refractivity contribution in [3.05, 3.63) is 182 Å². The van der Waals surface area contributed by atoms with Gasteiger partial charge in [-0.1, -0.05) is 158 Å². The van der Waals surface area contributed by atoms with Gasteiger partial charge in [0.1, 0.15) is 0 Å². The van der Waals surface area contributed by atoms with Gasteiger partial charge >= 0.3 is 0 Å². The molecule has 0 saturated carbocycles. The Labute approximate surface area is 279 Å². The zero-order chi connectivity index (χ0) is 31.9. The number of nitrogens with zero attached hydrogens (tertiary/aromatic N) is 2. The lowest BCUT2D eigenvalue weighted by atomic mass is 9.88. The molecule has 0 saturated heterocycles. The van der Waals surface area contributed by atoms with Gasteiger partial charge < -0.3 is 0 Å². The van der Waals surface area contributed by atoms with Crippen LogP contribution in [-0.4, -0.2) is 9.97 Å². The average molecular weight is 611 g/mol. The number of fused-ring (bicyclic) bond motifs is 6. The smallest absolute Gasteiger partial charge is 0.160 e. The van der Waals surface area contributed by atoms with E-state index in [4.69, 9.17) is 9.97 Å². The van der Waals surface area contributed by atoms with E-state index in [2.05, 4.69) is 164 Å². The molecule has 8 aromatic carbocycles. The number of rotatable bonds is 5. The number of benzene rings is 8. The summed E-state index contributed by atoms with van der Waals surface area (Å²) < 4.78 is 0. The standard InChI is InChI=1S/C46H30N2/c1-2-13-31(14-3-1)32-15-10-18-35(29-32)44-27-28-47-46(48-44)43-24-9-4-19-36(43)33-16-11-17-34(30-33)37-25-12-26-42-40-21-6-5-20-38(40)39-22-7-8-23-41(39)45(37)42/h1-30H. The van der Waals surface area contributed by atoms with Crippen LogP contribution < -0.4 is 0 Å². The van der Waals surface area contributed by atoms with Gasteiger partial charge in [-0.3, -0.25) is 0 Å². The molecule has 224 valence electrons. The van der Waals surface area contributed by atoms with Crippen LogP contribution in [0.3, 0.4) is 0 Å². The van der Waals surface area contributed by atoms with E-state index in [1.54, 1.807) is 0 Å². The summed E-state index contributed by atoms with van der Waals surface area (Å²) >= 11 is 0. The van der Waals surface area contributed by atoms with Crippen LogP contribution in [0.2, 0.25) is 0 Å². The van der Waals surface area contributed by atoms with Crippen LogP contribution >= 0.6 is 0 Å². The first-order valence-corrected chi connectivity index (χ1v) is 16.3. The van der Waals surface area contributed by atoms with E-state index in [0.29, 0.717) is 5.82 Å². The summed E-state index contributed by atoms with van der Waals surface area (Å²) in [5.41, 5.74) is 9.96. The minimum Gasteiger partial charge on any atom is -0.237 e. The molecule has 1 heterocycles. The fraction of sp³-hybridized carbons (Fsp3) is 0. The summed E-state index contributed by atoms with van der Waals surface area (Å²) in [6.07, 6.45) is 1.87. The molecule has 0 radical (unpaired) electrons.